The Bertz CT molecular complexity index is 128. The van der Waals surface area contributed by atoms with Crippen molar-refractivity contribution in [2.24, 2.45) is 11.5 Å². The van der Waals surface area contributed by atoms with Crippen LogP contribution >= 0.6 is 0 Å². The zero-order valence-electron chi connectivity index (χ0n) is 6.34. The standard InChI is InChI=1S/C4H8O4.CH4N2O/c5-3-4(6)8-2-1-7-3;2-1(3)4/h3-6H,1-2H2;(H4,2,3,4). The molecule has 7 heteroatoms. The molecule has 0 aromatic heterocycles. The van der Waals surface area contributed by atoms with Crippen LogP contribution in [0.4, 0.5) is 4.79 Å². The molecule has 1 fully saturated rings. The highest BCUT2D eigenvalue weighted by molar-refractivity contribution is 5.69. The van der Waals surface area contributed by atoms with E-state index in [1.54, 1.807) is 0 Å². The Labute approximate surface area is 68.9 Å². The first-order valence-electron chi connectivity index (χ1n) is 3.18. The number of aliphatic hydroxyl groups is 2. The van der Waals surface area contributed by atoms with E-state index in [-0.39, 0.29) is 0 Å². The summed E-state index contributed by atoms with van der Waals surface area (Å²) in [7, 11) is 0. The second-order valence-electron chi connectivity index (χ2n) is 1.93. The lowest BCUT2D eigenvalue weighted by Gasteiger charge is -2.23. The van der Waals surface area contributed by atoms with E-state index in [0.717, 1.165) is 0 Å². The highest BCUT2D eigenvalue weighted by atomic mass is 16.7. The van der Waals surface area contributed by atoms with Crippen LogP contribution in [0.2, 0.25) is 0 Å². The van der Waals surface area contributed by atoms with Crippen LogP contribution in [0.3, 0.4) is 0 Å². The molecule has 2 atom stereocenters. The van der Waals surface area contributed by atoms with Gasteiger partial charge in [0.1, 0.15) is 0 Å². The van der Waals surface area contributed by atoms with Crippen LogP contribution in [0.5, 0.6) is 0 Å². The van der Waals surface area contributed by atoms with Crippen molar-refractivity contribution < 1.29 is 24.5 Å². The Hall–Kier alpha value is -0.890. The number of carbonyl (C=O) groups excluding carboxylic acids is 1. The zero-order valence-corrected chi connectivity index (χ0v) is 6.34. The van der Waals surface area contributed by atoms with Crippen LogP contribution in [0.15, 0.2) is 0 Å². The Morgan fingerprint density at radius 3 is 1.58 bits per heavy atom. The Balaban J connectivity index is 0.000000261. The second-order valence-corrected chi connectivity index (χ2v) is 1.93. The zero-order chi connectivity index (χ0) is 9.56. The van der Waals surface area contributed by atoms with Crippen molar-refractivity contribution in [3.05, 3.63) is 0 Å². The van der Waals surface area contributed by atoms with E-state index in [0.29, 0.717) is 13.2 Å². The highest BCUT2D eigenvalue weighted by Gasteiger charge is 2.20. The van der Waals surface area contributed by atoms with E-state index < -0.39 is 18.6 Å². The highest BCUT2D eigenvalue weighted by Crippen LogP contribution is 2.02. The van der Waals surface area contributed by atoms with E-state index in [4.69, 9.17) is 15.0 Å². The van der Waals surface area contributed by atoms with Gasteiger partial charge in [-0.05, 0) is 0 Å². The smallest absolute Gasteiger partial charge is 0.309 e. The van der Waals surface area contributed by atoms with Crippen molar-refractivity contribution in [3.63, 3.8) is 0 Å². The Morgan fingerprint density at radius 2 is 1.42 bits per heavy atom. The van der Waals surface area contributed by atoms with Crippen molar-refractivity contribution in [3.8, 4) is 0 Å². The van der Waals surface area contributed by atoms with Gasteiger partial charge in [-0.25, -0.2) is 4.79 Å². The predicted molar refractivity (Wildman–Crippen MR) is 37.7 cm³/mol. The molecule has 0 bridgehead atoms. The van der Waals surface area contributed by atoms with Gasteiger partial charge in [-0.15, -0.1) is 0 Å². The molecule has 1 aliphatic heterocycles. The van der Waals surface area contributed by atoms with Crippen LogP contribution < -0.4 is 11.5 Å². The predicted octanol–water partition coefficient (Wildman–Crippen LogP) is -2.31. The molecule has 1 rings (SSSR count). The average molecular weight is 180 g/mol. The first-order chi connectivity index (χ1) is 5.54. The number of urea groups is 1. The summed E-state index contributed by atoms with van der Waals surface area (Å²) in [6, 6.07) is -0.833. The van der Waals surface area contributed by atoms with E-state index in [2.05, 4.69) is 20.9 Å². The molecule has 0 aromatic rings. The van der Waals surface area contributed by atoms with Gasteiger partial charge in [0.2, 0.25) is 12.6 Å². The monoisotopic (exact) mass is 180 g/mol. The molecule has 1 heterocycles. The minimum atomic E-state index is -1.16. The number of carbonyl (C=O) groups is 1. The van der Waals surface area contributed by atoms with Crippen LogP contribution in [0.1, 0.15) is 0 Å². The fourth-order valence-electron chi connectivity index (χ4n) is 0.502. The van der Waals surface area contributed by atoms with Gasteiger partial charge in [0.05, 0.1) is 13.2 Å². The lowest BCUT2D eigenvalue weighted by atomic mass is 10.5. The number of hydrogen-bond donors (Lipinski definition) is 4. The van der Waals surface area contributed by atoms with Crippen molar-refractivity contribution in [2.75, 3.05) is 13.2 Å². The fourth-order valence-corrected chi connectivity index (χ4v) is 0.502. The lowest BCUT2D eigenvalue weighted by molar-refractivity contribution is -0.291. The number of hydrogen-bond acceptors (Lipinski definition) is 5. The second kappa shape index (κ2) is 5.72. The quantitative estimate of drug-likeness (QED) is 0.333. The summed E-state index contributed by atoms with van der Waals surface area (Å²) < 4.78 is 9.14. The molecule has 2 amide bonds. The summed E-state index contributed by atoms with van der Waals surface area (Å²) in [6.45, 7) is 0.691. The number of primary amides is 2. The summed E-state index contributed by atoms with van der Waals surface area (Å²) in [5.74, 6) is 0. The van der Waals surface area contributed by atoms with Gasteiger partial charge < -0.3 is 31.2 Å². The summed E-state index contributed by atoms with van der Waals surface area (Å²) in [4.78, 5) is 9.00. The van der Waals surface area contributed by atoms with Gasteiger partial charge in [-0.2, -0.15) is 0 Å². The minimum absolute atomic E-state index is 0.345. The fraction of sp³-hybridized carbons (Fsp3) is 0.800. The molecule has 2 unspecified atom stereocenters. The Morgan fingerprint density at radius 1 is 1.17 bits per heavy atom. The maximum atomic E-state index is 9.00. The third kappa shape index (κ3) is 5.86. The maximum absolute atomic E-state index is 9.00. The van der Waals surface area contributed by atoms with Gasteiger partial charge >= 0.3 is 6.03 Å². The first kappa shape index (κ1) is 11.1. The molecule has 7 nitrogen and oxygen atoms in total. The van der Waals surface area contributed by atoms with Gasteiger partial charge in [0, 0.05) is 0 Å². The van der Waals surface area contributed by atoms with Crippen LogP contribution in [-0.2, 0) is 9.47 Å². The van der Waals surface area contributed by atoms with Crippen molar-refractivity contribution in [2.45, 2.75) is 12.6 Å². The topological polar surface area (TPSA) is 128 Å². The number of ether oxygens (including phenoxy) is 2. The Kier molecular flexibility index (Phi) is 5.30. The molecule has 0 spiro atoms. The van der Waals surface area contributed by atoms with Crippen LogP contribution in [-0.4, -0.2) is 42.0 Å². The van der Waals surface area contributed by atoms with Gasteiger partial charge in [-0.3, -0.25) is 0 Å². The lowest BCUT2D eigenvalue weighted by Crippen LogP contribution is -2.37. The largest absolute Gasteiger partial charge is 0.364 e. The van der Waals surface area contributed by atoms with Crippen LogP contribution in [0.25, 0.3) is 0 Å². The maximum Gasteiger partial charge on any atom is 0.309 e. The van der Waals surface area contributed by atoms with E-state index in [1.165, 1.54) is 0 Å². The summed E-state index contributed by atoms with van der Waals surface area (Å²) in [5, 5.41) is 17.2. The van der Waals surface area contributed by atoms with Gasteiger partial charge in [0.15, 0.2) is 0 Å². The number of aliphatic hydroxyl groups excluding tert-OH is 2. The molecule has 1 aliphatic rings. The number of nitrogens with two attached hydrogens (primary N) is 2. The molecule has 1 saturated heterocycles. The number of amides is 2. The molecule has 72 valence electrons. The molecular formula is C5H12N2O5. The summed E-state index contributed by atoms with van der Waals surface area (Å²) >= 11 is 0. The molecule has 0 saturated carbocycles. The summed E-state index contributed by atoms with van der Waals surface area (Å²) in [6.07, 6.45) is -2.33. The van der Waals surface area contributed by atoms with Gasteiger partial charge in [0.25, 0.3) is 0 Å². The molecule has 6 N–H and O–H groups in total. The van der Waals surface area contributed by atoms with Crippen molar-refractivity contribution >= 4 is 6.03 Å². The molecule has 0 aliphatic carbocycles. The SMILES string of the molecule is NC(N)=O.OC1OCCOC1O. The minimum Gasteiger partial charge on any atom is -0.364 e. The van der Waals surface area contributed by atoms with Crippen LogP contribution in [0, 0.1) is 0 Å². The molecular weight excluding hydrogens is 168 g/mol. The molecule has 12 heavy (non-hydrogen) atoms. The third-order valence-corrected chi connectivity index (χ3v) is 0.904. The van der Waals surface area contributed by atoms with Crippen molar-refractivity contribution in [1.29, 1.82) is 0 Å². The van der Waals surface area contributed by atoms with Crippen molar-refractivity contribution in [1.82, 2.24) is 0 Å². The summed E-state index contributed by atoms with van der Waals surface area (Å²) in [5.41, 5.74) is 8.50. The first-order valence-corrected chi connectivity index (χ1v) is 3.18. The average Bonchev–Trinajstić information content (AvgIpc) is 1.94. The molecule has 0 radical (unpaired) electrons. The van der Waals surface area contributed by atoms with E-state index in [9.17, 15) is 0 Å². The van der Waals surface area contributed by atoms with E-state index in [1.807, 2.05) is 0 Å². The molecule has 0 aromatic carbocycles. The normalized spacial score (nSPS) is 28.5. The number of rotatable bonds is 0. The third-order valence-electron chi connectivity index (χ3n) is 0.904. The van der Waals surface area contributed by atoms with Gasteiger partial charge in [-0.1, -0.05) is 0 Å². The van der Waals surface area contributed by atoms with E-state index >= 15 is 0 Å².